The average molecular weight is 234 g/mol. The number of rotatable bonds is 3. The van der Waals surface area contributed by atoms with E-state index in [1.807, 2.05) is 0 Å². The van der Waals surface area contributed by atoms with Crippen LogP contribution < -0.4 is 0 Å². The molecule has 0 fully saturated rings. The zero-order valence-electron chi connectivity index (χ0n) is 9.22. The van der Waals surface area contributed by atoms with Crippen molar-refractivity contribution in [3.05, 3.63) is 53.1 Å². The molecule has 1 N–H and O–H groups in total. The predicted molar refractivity (Wildman–Crippen MR) is 59.4 cm³/mol. The van der Waals surface area contributed by atoms with Crippen LogP contribution >= 0.6 is 0 Å². The summed E-state index contributed by atoms with van der Waals surface area (Å²) in [6.07, 6.45) is 2.69. The van der Waals surface area contributed by atoms with Crippen molar-refractivity contribution < 1.29 is 14.3 Å². The second-order valence-electron chi connectivity index (χ2n) is 3.82. The molecule has 0 bridgehead atoms. The van der Waals surface area contributed by atoms with Crippen molar-refractivity contribution in [2.75, 3.05) is 0 Å². The van der Waals surface area contributed by atoms with E-state index in [4.69, 9.17) is 5.11 Å². The van der Waals surface area contributed by atoms with Crippen LogP contribution in [0.3, 0.4) is 0 Å². The SMILES string of the molecule is Cc1ccc(Cn2cc(C(=O)O)cn2)cc1F. The largest absolute Gasteiger partial charge is 0.478 e. The lowest BCUT2D eigenvalue weighted by molar-refractivity contribution is 0.0697. The van der Waals surface area contributed by atoms with Gasteiger partial charge in [-0.3, -0.25) is 4.68 Å². The van der Waals surface area contributed by atoms with Crippen LogP contribution in [0.4, 0.5) is 4.39 Å². The quantitative estimate of drug-likeness (QED) is 0.884. The summed E-state index contributed by atoms with van der Waals surface area (Å²) in [7, 11) is 0. The molecule has 0 aliphatic carbocycles. The Morgan fingerprint density at radius 2 is 2.29 bits per heavy atom. The number of hydrogen-bond acceptors (Lipinski definition) is 2. The molecule has 0 aliphatic heterocycles. The first kappa shape index (κ1) is 11.3. The number of benzene rings is 1. The number of halogens is 1. The van der Waals surface area contributed by atoms with E-state index in [1.54, 1.807) is 19.1 Å². The van der Waals surface area contributed by atoms with Crippen LogP contribution in [0.25, 0.3) is 0 Å². The van der Waals surface area contributed by atoms with Gasteiger partial charge in [0.25, 0.3) is 0 Å². The molecule has 17 heavy (non-hydrogen) atoms. The molecule has 1 heterocycles. The fraction of sp³-hybridized carbons (Fsp3) is 0.167. The molecule has 0 radical (unpaired) electrons. The monoisotopic (exact) mass is 234 g/mol. The number of nitrogens with zero attached hydrogens (tertiary/aromatic N) is 2. The number of carboxylic acids is 1. The van der Waals surface area contributed by atoms with E-state index in [0.29, 0.717) is 12.1 Å². The van der Waals surface area contributed by atoms with E-state index < -0.39 is 5.97 Å². The normalized spacial score (nSPS) is 10.5. The van der Waals surface area contributed by atoms with Crippen LogP contribution in [-0.4, -0.2) is 20.9 Å². The van der Waals surface area contributed by atoms with Gasteiger partial charge in [-0.2, -0.15) is 5.10 Å². The van der Waals surface area contributed by atoms with E-state index in [2.05, 4.69) is 5.10 Å². The second kappa shape index (κ2) is 4.37. The number of aromatic nitrogens is 2. The van der Waals surface area contributed by atoms with Gasteiger partial charge in [0.1, 0.15) is 5.82 Å². The molecule has 88 valence electrons. The van der Waals surface area contributed by atoms with Crippen molar-refractivity contribution in [3.63, 3.8) is 0 Å². The third-order valence-corrected chi connectivity index (χ3v) is 2.46. The molecule has 1 aromatic carbocycles. The van der Waals surface area contributed by atoms with Crippen LogP contribution in [-0.2, 0) is 6.54 Å². The highest BCUT2D eigenvalue weighted by molar-refractivity contribution is 5.86. The highest BCUT2D eigenvalue weighted by Crippen LogP contribution is 2.10. The van der Waals surface area contributed by atoms with Gasteiger partial charge in [0, 0.05) is 6.20 Å². The number of carboxylic acid groups (broad SMARTS) is 1. The summed E-state index contributed by atoms with van der Waals surface area (Å²) in [6.45, 7) is 2.04. The van der Waals surface area contributed by atoms with Gasteiger partial charge >= 0.3 is 5.97 Å². The van der Waals surface area contributed by atoms with Crippen molar-refractivity contribution in [1.29, 1.82) is 0 Å². The van der Waals surface area contributed by atoms with Gasteiger partial charge in [-0.15, -0.1) is 0 Å². The number of aryl methyl sites for hydroxylation is 1. The highest BCUT2D eigenvalue weighted by Gasteiger charge is 2.06. The first-order valence-electron chi connectivity index (χ1n) is 5.07. The Bertz CT molecular complexity index is 563. The van der Waals surface area contributed by atoms with Gasteiger partial charge in [0.05, 0.1) is 18.3 Å². The molecular formula is C12H11FN2O2. The molecule has 0 atom stereocenters. The zero-order valence-corrected chi connectivity index (χ0v) is 9.22. The average Bonchev–Trinajstić information content (AvgIpc) is 2.72. The molecule has 0 aliphatic rings. The molecule has 1 aromatic heterocycles. The van der Waals surface area contributed by atoms with Gasteiger partial charge in [-0.25, -0.2) is 9.18 Å². The van der Waals surface area contributed by atoms with E-state index >= 15 is 0 Å². The highest BCUT2D eigenvalue weighted by atomic mass is 19.1. The molecule has 2 aromatic rings. The summed E-state index contributed by atoms with van der Waals surface area (Å²) >= 11 is 0. The molecule has 0 spiro atoms. The van der Waals surface area contributed by atoms with Crippen LogP contribution in [0.5, 0.6) is 0 Å². The minimum Gasteiger partial charge on any atom is -0.478 e. The third kappa shape index (κ3) is 2.50. The van der Waals surface area contributed by atoms with Gasteiger partial charge < -0.3 is 5.11 Å². The van der Waals surface area contributed by atoms with Crippen LogP contribution in [0, 0.1) is 12.7 Å². The first-order valence-corrected chi connectivity index (χ1v) is 5.07. The zero-order chi connectivity index (χ0) is 12.4. The molecule has 0 unspecified atom stereocenters. The summed E-state index contributed by atoms with van der Waals surface area (Å²) in [6, 6.07) is 4.91. The Morgan fingerprint density at radius 1 is 1.53 bits per heavy atom. The molecule has 4 nitrogen and oxygen atoms in total. The Kier molecular flexibility index (Phi) is 2.91. The lowest BCUT2D eigenvalue weighted by atomic mass is 10.1. The Hall–Kier alpha value is -2.17. The van der Waals surface area contributed by atoms with Crippen molar-refractivity contribution in [1.82, 2.24) is 9.78 Å². The molecule has 0 saturated heterocycles. The Morgan fingerprint density at radius 3 is 2.88 bits per heavy atom. The third-order valence-electron chi connectivity index (χ3n) is 2.46. The van der Waals surface area contributed by atoms with Crippen molar-refractivity contribution in [3.8, 4) is 0 Å². The molecular weight excluding hydrogens is 223 g/mol. The summed E-state index contributed by atoms with van der Waals surface area (Å²) in [5, 5.41) is 12.6. The first-order chi connectivity index (χ1) is 8.06. The molecule has 0 amide bonds. The summed E-state index contributed by atoms with van der Waals surface area (Å²) < 4.78 is 14.8. The fourth-order valence-electron chi connectivity index (χ4n) is 1.48. The maximum absolute atomic E-state index is 13.3. The molecule has 5 heteroatoms. The Balaban J connectivity index is 2.19. The molecule has 2 rings (SSSR count). The number of carbonyl (C=O) groups is 1. The van der Waals surface area contributed by atoms with Crippen molar-refractivity contribution in [2.24, 2.45) is 0 Å². The van der Waals surface area contributed by atoms with Gasteiger partial charge in [-0.05, 0) is 24.1 Å². The van der Waals surface area contributed by atoms with Gasteiger partial charge in [0.2, 0.25) is 0 Å². The summed E-state index contributed by atoms with van der Waals surface area (Å²) in [5.74, 6) is -1.29. The predicted octanol–water partition coefficient (Wildman–Crippen LogP) is 2.08. The van der Waals surface area contributed by atoms with E-state index in [-0.39, 0.29) is 11.4 Å². The minimum absolute atomic E-state index is 0.123. The van der Waals surface area contributed by atoms with E-state index in [1.165, 1.54) is 23.1 Å². The number of hydrogen-bond donors (Lipinski definition) is 1. The summed E-state index contributed by atoms with van der Waals surface area (Å²) in [4.78, 5) is 10.7. The van der Waals surface area contributed by atoms with E-state index in [9.17, 15) is 9.18 Å². The number of aromatic carboxylic acids is 1. The second-order valence-corrected chi connectivity index (χ2v) is 3.82. The Labute approximate surface area is 97.3 Å². The smallest absolute Gasteiger partial charge is 0.338 e. The lowest BCUT2D eigenvalue weighted by Crippen LogP contribution is -2.01. The lowest BCUT2D eigenvalue weighted by Gasteiger charge is -2.03. The maximum atomic E-state index is 13.3. The van der Waals surface area contributed by atoms with Crippen molar-refractivity contribution in [2.45, 2.75) is 13.5 Å². The van der Waals surface area contributed by atoms with Gasteiger partial charge in [-0.1, -0.05) is 12.1 Å². The standard InChI is InChI=1S/C12H11FN2O2/c1-8-2-3-9(4-11(8)13)6-15-7-10(5-14-15)12(16)17/h2-5,7H,6H2,1H3,(H,16,17). The summed E-state index contributed by atoms with van der Waals surface area (Å²) in [5.41, 5.74) is 1.45. The topological polar surface area (TPSA) is 55.1 Å². The van der Waals surface area contributed by atoms with Crippen molar-refractivity contribution >= 4 is 5.97 Å². The van der Waals surface area contributed by atoms with Crippen LogP contribution in [0.1, 0.15) is 21.5 Å². The maximum Gasteiger partial charge on any atom is 0.338 e. The molecule has 0 saturated carbocycles. The van der Waals surface area contributed by atoms with Crippen LogP contribution in [0.15, 0.2) is 30.6 Å². The van der Waals surface area contributed by atoms with Crippen LogP contribution in [0.2, 0.25) is 0 Å². The fourth-order valence-corrected chi connectivity index (χ4v) is 1.48. The van der Waals surface area contributed by atoms with Gasteiger partial charge in [0.15, 0.2) is 0 Å². The minimum atomic E-state index is -1.02. The van der Waals surface area contributed by atoms with E-state index in [0.717, 1.165) is 5.56 Å².